The van der Waals surface area contributed by atoms with Crippen molar-refractivity contribution in [1.29, 1.82) is 0 Å². The summed E-state index contributed by atoms with van der Waals surface area (Å²) < 4.78 is 0. The monoisotopic (exact) mass is 235 g/mol. The average molecular weight is 235 g/mol. The Balaban J connectivity index is 2.48. The number of benzene rings is 1. The first-order valence-electron chi connectivity index (χ1n) is 4.86. The van der Waals surface area contributed by atoms with Gasteiger partial charge < -0.3 is 16.6 Å². The summed E-state index contributed by atoms with van der Waals surface area (Å²) in [5, 5.41) is 11.0. The Morgan fingerprint density at radius 2 is 2.00 bits per heavy atom. The van der Waals surface area contributed by atoms with Gasteiger partial charge in [-0.05, 0) is 5.56 Å². The molecule has 0 radical (unpaired) electrons. The molecule has 0 aliphatic heterocycles. The Kier molecular flexibility index (Phi) is 2.91. The van der Waals surface area contributed by atoms with Gasteiger partial charge in [0.2, 0.25) is 0 Å². The molecule has 1 heterocycles. The highest BCUT2D eigenvalue weighted by Gasteiger charge is 2.31. The molecule has 0 spiro atoms. The van der Waals surface area contributed by atoms with Gasteiger partial charge in [0, 0.05) is 12.7 Å². The zero-order chi connectivity index (χ0) is 11.6. The Morgan fingerprint density at radius 3 is 2.50 bits per heavy atom. The minimum absolute atomic E-state index is 0.0959. The highest BCUT2D eigenvalue weighted by atomic mass is 32.1. The lowest BCUT2D eigenvalue weighted by atomic mass is 9.93. The van der Waals surface area contributed by atoms with Crippen molar-refractivity contribution in [2.24, 2.45) is 5.73 Å². The van der Waals surface area contributed by atoms with E-state index in [1.807, 2.05) is 30.3 Å². The van der Waals surface area contributed by atoms with Crippen LogP contribution in [-0.2, 0) is 5.60 Å². The van der Waals surface area contributed by atoms with Gasteiger partial charge in [-0.3, -0.25) is 0 Å². The fourth-order valence-electron chi connectivity index (χ4n) is 1.55. The van der Waals surface area contributed by atoms with E-state index in [4.69, 9.17) is 11.5 Å². The lowest BCUT2D eigenvalue weighted by Gasteiger charge is -2.25. The number of rotatable bonds is 3. The maximum absolute atomic E-state index is 10.6. The van der Waals surface area contributed by atoms with E-state index in [2.05, 4.69) is 4.98 Å². The van der Waals surface area contributed by atoms with E-state index in [0.29, 0.717) is 10.0 Å². The van der Waals surface area contributed by atoms with Crippen LogP contribution in [0.5, 0.6) is 0 Å². The van der Waals surface area contributed by atoms with E-state index >= 15 is 0 Å². The van der Waals surface area contributed by atoms with Gasteiger partial charge in [-0.1, -0.05) is 41.7 Å². The molecule has 1 aromatic heterocycles. The Hall–Kier alpha value is -1.43. The molecule has 5 heteroatoms. The van der Waals surface area contributed by atoms with Crippen LogP contribution in [0.4, 0.5) is 5.13 Å². The van der Waals surface area contributed by atoms with Crippen LogP contribution >= 0.6 is 11.3 Å². The number of hydrogen-bond donors (Lipinski definition) is 3. The molecule has 0 saturated carbocycles. The third kappa shape index (κ3) is 1.80. The Labute approximate surface area is 97.6 Å². The zero-order valence-corrected chi connectivity index (χ0v) is 9.45. The first kappa shape index (κ1) is 11.1. The molecule has 0 saturated heterocycles. The molecule has 0 aliphatic carbocycles. The zero-order valence-electron chi connectivity index (χ0n) is 8.63. The molecule has 16 heavy (non-hydrogen) atoms. The van der Waals surface area contributed by atoms with Crippen LogP contribution in [0.15, 0.2) is 36.5 Å². The second kappa shape index (κ2) is 4.21. The molecule has 1 aromatic carbocycles. The molecular formula is C11H13N3OS. The minimum atomic E-state index is -1.20. The van der Waals surface area contributed by atoms with Crippen LogP contribution in [0.1, 0.15) is 10.4 Å². The van der Waals surface area contributed by atoms with Gasteiger partial charge in [0.15, 0.2) is 5.13 Å². The van der Waals surface area contributed by atoms with E-state index in [0.717, 1.165) is 5.56 Å². The summed E-state index contributed by atoms with van der Waals surface area (Å²) in [6, 6.07) is 9.29. The summed E-state index contributed by atoms with van der Waals surface area (Å²) >= 11 is 1.25. The molecule has 0 amide bonds. The second-order valence-corrected chi connectivity index (χ2v) is 4.56. The molecule has 0 aliphatic rings. The summed E-state index contributed by atoms with van der Waals surface area (Å²) in [7, 11) is 0. The molecular weight excluding hydrogens is 222 g/mol. The maximum Gasteiger partial charge on any atom is 0.180 e. The van der Waals surface area contributed by atoms with E-state index < -0.39 is 5.60 Å². The number of aromatic nitrogens is 1. The Morgan fingerprint density at radius 1 is 1.31 bits per heavy atom. The quantitative estimate of drug-likeness (QED) is 0.738. The minimum Gasteiger partial charge on any atom is -0.378 e. The molecule has 0 bridgehead atoms. The SMILES string of the molecule is NCC(O)(c1ccccc1)c1cnc(N)s1. The molecule has 5 N–H and O–H groups in total. The summed E-state index contributed by atoms with van der Waals surface area (Å²) in [6.45, 7) is 0.0959. The van der Waals surface area contributed by atoms with Crippen molar-refractivity contribution in [3.63, 3.8) is 0 Å². The topological polar surface area (TPSA) is 85.2 Å². The molecule has 2 aromatic rings. The molecule has 1 unspecified atom stereocenters. The highest BCUT2D eigenvalue weighted by molar-refractivity contribution is 7.15. The van der Waals surface area contributed by atoms with E-state index in [-0.39, 0.29) is 6.54 Å². The summed E-state index contributed by atoms with van der Waals surface area (Å²) in [4.78, 5) is 4.60. The fraction of sp³-hybridized carbons (Fsp3) is 0.182. The van der Waals surface area contributed by atoms with Gasteiger partial charge in [0.1, 0.15) is 5.60 Å². The normalized spacial score (nSPS) is 14.6. The standard InChI is InChI=1S/C11H13N3OS/c12-7-11(15,8-4-2-1-3-5-8)9-6-14-10(13)16-9/h1-6,15H,7,12H2,(H2,13,14). The van der Waals surface area contributed by atoms with Crippen LogP contribution in [-0.4, -0.2) is 16.6 Å². The van der Waals surface area contributed by atoms with Crippen molar-refractivity contribution >= 4 is 16.5 Å². The number of anilines is 1. The highest BCUT2D eigenvalue weighted by Crippen LogP contribution is 2.33. The number of nitrogens with two attached hydrogens (primary N) is 2. The molecule has 0 fully saturated rings. The van der Waals surface area contributed by atoms with E-state index in [1.54, 1.807) is 6.20 Å². The van der Waals surface area contributed by atoms with Crippen molar-refractivity contribution in [2.45, 2.75) is 5.60 Å². The van der Waals surface area contributed by atoms with Gasteiger partial charge in [0.05, 0.1) is 4.88 Å². The van der Waals surface area contributed by atoms with Crippen LogP contribution in [0, 0.1) is 0 Å². The third-order valence-electron chi connectivity index (χ3n) is 2.48. The third-order valence-corrected chi connectivity index (χ3v) is 3.46. The first-order valence-corrected chi connectivity index (χ1v) is 5.68. The molecule has 1 atom stereocenters. The van der Waals surface area contributed by atoms with Crippen LogP contribution < -0.4 is 11.5 Å². The summed E-state index contributed by atoms with van der Waals surface area (Å²) in [5.74, 6) is 0. The largest absolute Gasteiger partial charge is 0.378 e. The van der Waals surface area contributed by atoms with Gasteiger partial charge >= 0.3 is 0 Å². The van der Waals surface area contributed by atoms with Crippen molar-refractivity contribution in [3.8, 4) is 0 Å². The number of thiazole rings is 1. The van der Waals surface area contributed by atoms with Crippen molar-refractivity contribution in [1.82, 2.24) is 4.98 Å². The number of hydrogen-bond acceptors (Lipinski definition) is 5. The first-order chi connectivity index (χ1) is 7.66. The lowest BCUT2D eigenvalue weighted by molar-refractivity contribution is 0.0939. The molecule has 2 rings (SSSR count). The fourth-order valence-corrected chi connectivity index (χ4v) is 2.36. The van der Waals surface area contributed by atoms with Crippen molar-refractivity contribution in [3.05, 3.63) is 47.0 Å². The average Bonchev–Trinajstić information content (AvgIpc) is 2.76. The van der Waals surface area contributed by atoms with Gasteiger partial charge in [0.25, 0.3) is 0 Å². The predicted octanol–water partition coefficient (Wildman–Crippen LogP) is 0.920. The van der Waals surface area contributed by atoms with E-state index in [9.17, 15) is 5.11 Å². The lowest BCUT2D eigenvalue weighted by Crippen LogP contribution is -2.35. The second-order valence-electron chi connectivity index (χ2n) is 3.49. The number of aliphatic hydroxyl groups is 1. The van der Waals surface area contributed by atoms with Gasteiger partial charge in [-0.2, -0.15) is 0 Å². The van der Waals surface area contributed by atoms with Crippen molar-refractivity contribution < 1.29 is 5.11 Å². The maximum atomic E-state index is 10.6. The van der Waals surface area contributed by atoms with Crippen LogP contribution in [0.3, 0.4) is 0 Å². The number of nitrogen functional groups attached to an aromatic ring is 1. The summed E-state index contributed by atoms with van der Waals surface area (Å²) in [6.07, 6.45) is 1.57. The van der Waals surface area contributed by atoms with E-state index in [1.165, 1.54) is 11.3 Å². The summed E-state index contributed by atoms with van der Waals surface area (Å²) in [5.41, 5.74) is 10.8. The van der Waals surface area contributed by atoms with Crippen LogP contribution in [0.25, 0.3) is 0 Å². The predicted molar refractivity (Wildman–Crippen MR) is 65.0 cm³/mol. The smallest absolute Gasteiger partial charge is 0.180 e. The molecule has 84 valence electrons. The van der Waals surface area contributed by atoms with Gasteiger partial charge in [-0.15, -0.1) is 0 Å². The number of nitrogens with zero attached hydrogens (tertiary/aromatic N) is 1. The Bertz CT molecular complexity index is 471. The molecule has 4 nitrogen and oxygen atoms in total. The van der Waals surface area contributed by atoms with Crippen LogP contribution in [0.2, 0.25) is 0 Å². The van der Waals surface area contributed by atoms with Gasteiger partial charge in [-0.25, -0.2) is 4.98 Å². The van der Waals surface area contributed by atoms with Crippen molar-refractivity contribution in [2.75, 3.05) is 12.3 Å².